The molecule has 0 aromatic rings. The molecule has 0 aromatic carbocycles. The summed E-state index contributed by atoms with van der Waals surface area (Å²) in [5.41, 5.74) is 0. The third-order valence-corrected chi connectivity index (χ3v) is 3.50. The molecule has 0 heterocycles. The number of rotatable bonds is 7. The van der Waals surface area contributed by atoms with Crippen molar-refractivity contribution in [2.75, 3.05) is 0 Å². The van der Waals surface area contributed by atoms with E-state index in [-0.39, 0.29) is 12.0 Å². The Labute approximate surface area is 96.6 Å². The summed E-state index contributed by atoms with van der Waals surface area (Å²) in [5.74, 6) is -1.43. The summed E-state index contributed by atoms with van der Waals surface area (Å²) in [6, 6.07) is -1.37. The molecule has 0 aliphatic heterocycles. The summed E-state index contributed by atoms with van der Waals surface area (Å²) in [6.45, 7) is 6.83. The van der Waals surface area contributed by atoms with Crippen LogP contribution in [0.25, 0.3) is 0 Å². The first kappa shape index (κ1) is 15.3. The van der Waals surface area contributed by atoms with Gasteiger partial charge in [0.2, 0.25) is 0 Å². The molecule has 0 saturated heterocycles. The molecule has 0 radical (unpaired) electrons. The molecule has 96 valence electrons. The fraction of sp³-hybridized carbons (Fsp3) is 0.889. The van der Waals surface area contributed by atoms with Crippen molar-refractivity contribution in [2.24, 2.45) is 5.92 Å². The smallest absolute Gasteiger partial charge is 0.322 e. The Balaban J connectivity index is 4.70. The second-order valence-electron chi connectivity index (χ2n) is 4.10. The molecule has 0 saturated carbocycles. The second-order valence-corrected chi connectivity index (χ2v) is 5.57. The van der Waals surface area contributed by atoms with E-state index >= 15 is 0 Å². The molecule has 0 aliphatic rings. The third kappa shape index (κ3) is 5.43. The molecular weight excluding hydrogens is 232 g/mol. The summed E-state index contributed by atoms with van der Waals surface area (Å²) < 4.78 is 27.4. The van der Waals surface area contributed by atoms with Gasteiger partial charge in [0.1, 0.15) is 6.04 Å². The van der Waals surface area contributed by atoms with E-state index in [9.17, 15) is 13.2 Å². The monoisotopic (exact) mass is 252 g/mol. The molecule has 7 heteroatoms. The van der Waals surface area contributed by atoms with Crippen LogP contribution in [0.3, 0.4) is 0 Å². The highest BCUT2D eigenvalue weighted by Gasteiger charge is 2.28. The number of hydrogen-bond donors (Lipinski definition) is 3. The van der Waals surface area contributed by atoms with Gasteiger partial charge in [-0.3, -0.25) is 4.79 Å². The van der Waals surface area contributed by atoms with Gasteiger partial charge < -0.3 is 5.11 Å². The summed E-state index contributed by atoms with van der Waals surface area (Å²) in [5, 5.41) is 8.92. The number of hydrogen-bond acceptors (Lipinski definition) is 3. The minimum atomic E-state index is -3.76. The lowest BCUT2D eigenvalue weighted by Gasteiger charge is -2.21. The van der Waals surface area contributed by atoms with Crippen LogP contribution in [0.1, 0.15) is 34.1 Å². The lowest BCUT2D eigenvalue weighted by Crippen LogP contribution is -2.50. The molecule has 2 atom stereocenters. The molecule has 0 amide bonds. The molecule has 0 spiro atoms. The van der Waals surface area contributed by atoms with E-state index in [0.29, 0.717) is 6.42 Å². The van der Waals surface area contributed by atoms with Gasteiger partial charge in [-0.15, -0.1) is 0 Å². The minimum Gasteiger partial charge on any atom is -0.480 e. The number of nitrogens with one attached hydrogen (secondary N) is 2. The molecule has 0 aromatic heterocycles. The maximum absolute atomic E-state index is 11.5. The van der Waals surface area contributed by atoms with Gasteiger partial charge in [-0.25, -0.2) is 0 Å². The standard InChI is InChI=1S/C9H20N2O4S/c1-5-7(4)8(9(12)13)11-16(14,15)10-6(2)3/h6-8,10-11H,5H2,1-4H3,(H,12,13)/t7-,8-/m0/s1. The largest absolute Gasteiger partial charge is 0.480 e. The van der Waals surface area contributed by atoms with Crippen molar-refractivity contribution >= 4 is 16.2 Å². The van der Waals surface area contributed by atoms with Crippen molar-refractivity contribution in [1.29, 1.82) is 0 Å². The third-order valence-electron chi connectivity index (χ3n) is 2.15. The zero-order chi connectivity index (χ0) is 12.9. The van der Waals surface area contributed by atoms with Crippen molar-refractivity contribution < 1.29 is 18.3 Å². The normalized spacial score (nSPS) is 16.1. The molecule has 6 nitrogen and oxygen atoms in total. The van der Waals surface area contributed by atoms with Crippen molar-refractivity contribution in [1.82, 2.24) is 9.44 Å². The van der Waals surface area contributed by atoms with E-state index in [4.69, 9.17) is 5.11 Å². The van der Waals surface area contributed by atoms with E-state index < -0.39 is 22.2 Å². The first-order valence-electron chi connectivity index (χ1n) is 5.22. The van der Waals surface area contributed by atoms with Crippen LogP contribution in [0.4, 0.5) is 0 Å². The number of carboxylic acid groups (broad SMARTS) is 1. The topological polar surface area (TPSA) is 95.5 Å². The summed E-state index contributed by atoms with van der Waals surface area (Å²) >= 11 is 0. The fourth-order valence-corrected chi connectivity index (χ4v) is 2.51. The van der Waals surface area contributed by atoms with Crippen molar-refractivity contribution in [2.45, 2.75) is 46.2 Å². The van der Waals surface area contributed by atoms with Crippen molar-refractivity contribution in [3.05, 3.63) is 0 Å². The zero-order valence-corrected chi connectivity index (χ0v) is 10.8. The van der Waals surface area contributed by atoms with Gasteiger partial charge >= 0.3 is 5.97 Å². The van der Waals surface area contributed by atoms with Crippen molar-refractivity contribution in [3.8, 4) is 0 Å². The zero-order valence-electron chi connectivity index (χ0n) is 10.0. The Morgan fingerprint density at radius 2 is 1.75 bits per heavy atom. The average molecular weight is 252 g/mol. The van der Waals surface area contributed by atoms with Gasteiger partial charge in [0, 0.05) is 6.04 Å². The predicted molar refractivity (Wildman–Crippen MR) is 61.2 cm³/mol. The van der Waals surface area contributed by atoms with Gasteiger partial charge in [-0.2, -0.15) is 17.9 Å². The lowest BCUT2D eigenvalue weighted by atomic mass is 10.0. The number of carbonyl (C=O) groups is 1. The quantitative estimate of drug-likeness (QED) is 0.608. The molecule has 0 aliphatic carbocycles. The van der Waals surface area contributed by atoms with Gasteiger partial charge in [0.15, 0.2) is 0 Å². The van der Waals surface area contributed by atoms with Crippen LogP contribution < -0.4 is 9.44 Å². The van der Waals surface area contributed by atoms with Crippen LogP contribution >= 0.6 is 0 Å². The summed E-state index contributed by atoms with van der Waals surface area (Å²) in [7, 11) is -3.76. The van der Waals surface area contributed by atoms with E-state index in [1.807, 2.05) is 6.92 Å². The van der Waals surface area contributed by atoms with Gasteiger partial charge in [-0.05, 0) is 19.8 Å². The maximum Gasteiger partial charge on any atom is 0.322 e. The summed E-state index contributed by atoms with van der Waals surface area (Å²) in [4.78, 5) is 10.9. The highest BCUT2D eigenvalue weighted by atomic mass is 32.2. The van der Waals surface area contributed by atoms with Gasteiger partial charge in [-0.1, -0.05) is 20.3 Å². The van der Waals surface area contributed by atoms with Gasteiger partial charge in [0.05, 0.1) is 0 Å². The minimum absolute atomic E-state index is 0.263. The van der Waals surface area contributed by atoms with E-state index in [1.54, 1.807) is 20.8 Å². The summed E-state index contributed by atoms with van der Waals surface area (Å²) in [6.07, 6.45) is 0.584. The van der Waals surface area contributed by atoms with Crippen LogP contribution in [-0.4, -0.2) is 31.6 Å². The molecule has 3 N–H and O–H groups in total. The van der Waals surface area contributed by atoms with Crippen LogP contribution in [0, 0.1) is 5.92 Å². The maximum atomic E-state index is 11.5. The second kappa shape index (κ2) is 6.17. The van der Waals surface area contributed by atoms with Gasteiger partial charge in [0.25, 0.3) is 10.2 Å². The molecule has 0 bridgehead atoms. The first-order valence-corrected chi connectivity index (χ1v) is 6.70. The molecule has 0 unspecified atom stereocenters. The molecule has 16 heavy (non-hydrogen) atoms. The van der Waals surface area contributed by atoms with Crippen LogP contribution in [-0.2, 0) is 15.0 Å². The van der Waals surface area contributed by atoms with Crippen LogP contribution in [0.15, 0.2) is 0 Å². The first-order chi connectivity index (χ1) is 7.19. The van der Waals surface area contributed by atoms with E-state index in [2.05, 4.69) is 9.44 Å². The van der Waals surface area contributed by atoms with Crippen LogP contribution in [0.2, 0.25) is 0 Å². The Morgan fingerprint density at radius 3 is 2.06 bits per heavy atom. The van der Waals surface area contributed by atoms with E-state index in [1.165, 1.54) is 0 Å². The predicted octanol–water partition coefficient (Wildman–Crippen LogP) is 0.318. The SMILES string of the molecule is CC[C@H](C)[C@H](NS(=O)(=O)NC(C)C)C(=O)O. The highest BCUT2D eigenvalue weighted by molar-refractivity contribution is 7.87. The number of aliphatic carboxylic acids is 1. The average Bonchev–Trinajstić information content (AvgIpc) is 2.10. The molecule has 0 rings (SSSR count). The molecular formula is C9H20N2O4S. The lowest BCUT2D eigenvalue weighted by molar-refractivity contribution is -0.140. The highest BCUT2D eigenvalue weighted by Crippen LogP contribution is 2.08. The van der Waals surface area contributed by atoms with E-state index in [0.717, 1.165) is 0 Å². The van der Waals surface area contributed by atoms with Crippen molar-refractivity contribution in [3.63, 3.8) is 0 Å². The number of carboxylic acids is 1. The Hall–Kier alpha value is -0.660. The fourth-order valence-electron chi connectivity index (χ4n) is 1.16. The Kier molecular flexibility index (Phi) is 5.91. The van der Waals surface area contributed by atoms with Crippen LogP contribution in [0.5, 0.6) is 0 Å². The Morgan fingerprint density at radius 1 is 1.25 bits per heavy atom. The Bertz CT molecular complexity index is 326. The molecule has 0 fully saturated rings.